The number of hydrogen-bond acceptors (Lipinski definition) is 4. The predicted molar refractivity (Wildman–Crippen MR) is 80.4 cm³/mol. The molecule has 0 spiro atoms. The summed E-state index contributed by atoms with van der Waals surface area (Å²) < 4.78 is 5.36. The maximum Gasteiger partial charge on any atom is 0.301 e. The van der Waals surface area contributed by atoms with E-state index in [4.69, 9.17) is 4.74 Å². The number of aliphatic imine (C=N–C) groups is 1. The van der Waals surface area contributed by atoms with Gasteiger partial charge in [0.05, 0.1) is 31.0 Å². The molecule has 0 saturated carbocycles. The topological polar surface area (TPSA) is 57.7 Å². The number of H-pyrrole nitrogens is 1. The van der Waals surface area contributed by atoms with Gasteiger partial charge in [0.2, 0.25) is 5.82 Å². The van der Waals surface area contributed by atoms with Crippen LogP contribution < -0.4 is 10.3 Å². The summed E-state index contributed by atoms with van der Waals surface area (Å²) in [6, 6.07) is 7.49. The molecule has 1 aromatic carbocycles. The Kier molecular flexibility index (Phi) is 3.46. The van der Waals surface area contributed by atoms with Crippen molar-refractivity contribution in [1.29, 1.82) is 0 Å². The Balaban J connectivity index is 2.23. The fourth-order valence-electron chi connectivity index (χ4n) is 2.44. The minimum absolute atomic E-state index is 0.0600. The molecule has 0 radical (unpaired) electrons. The predicted octanol–water partition coefficient (Wildman–Crippen LogP) is 1.96. The standard InChI is InChI=1S/C15H15N3O2/c1-2-16-13-14(19)11-5-3-4-6-12(11)17-15(13)18-7-9-20-10-8-18/h3-6H,7-10H2,1H3/p+1. The minimum Gasteiger partial charge on any atom is -0.378 e. The Hall–Kier alpha value is -2.23. The van der Waals surface area contributed by atoms with Gasteiger partial charge in [0.1, 0.15) is 0 Å². The van der Waals surface area contributed by atoms with Crippen LogP contribution in [0.15, 0.2) is 34.1 Å². The van der Waals surface area contributed by atoms with Crippen molar-refractivity contribution in [1.82, 2.24) is 4.98 Å². The highest BCUT2D eigenvalue weighted by Gasteiger charge is 2.25. The quantitative estimate of drug-likeness (QED) is 0.670. The van der Waals surface area contributed by atoms with E-state index < -0.39 is 0 Å². The molecule has 5 heteroatoms. The molecule has 1 N–H and O–H groups in total. The number of nitrogens with one attached hydrogen (secondary N) is 1. The van der Waals surface area contributed by atoms with E-state index in [1.54, 1.807) is 6.92 Å². The second-order valence-electron chi connectivity index (χ2n) is 4.63. The number of aromatic nitrogens is 1. The number of morpholine rings is 1. The summed E-state index contributed by atoms with van der Waals surface area (Å²) in [6.07, 6.45) is 2.72. The number of hydrogen-bond donors (Lipinski definition) is 1. The smallest absolute Gasteiger partial charge is 0.301 e. The molecule has 20 heavy (non-hydrogen) atoms. The second-order valence-corrected chi connectivity index (χ2v) is 4.63. The Morgan fingerprint density at radius 3 is 2.80 bits per heavy atom. The van der Waals surface area contributed by atoms with Gasteiger partial charge in [0.15, 0.2) is 6.21 Å². The summed E-state index contributed by atoms with van der Waals surface area (Å²) in [5.74, 6) is 0.756. The van der Waals surface area contributed by atoms with Gasteiger partial charge >= 0.3 is 11.1 Å². The number of nitrogens with zero attached hydrogens (tertiary/aromatic N) is 2. The largest absolute Gasteiger partial charge is 0.378 e. The Morgan fingerprint density at radius 2 is 2.05 bits per heavy atom. The lowest BCUT2D eigenvalue weighted by molar-refractivity contribution is 0.122. The molecule has 0 aliphatic carbocycles. The first kappa shape index (κ1) is 12.8. The molecule has 1 fully saturated rings. The number of fused-ring (bicyclic) bond motifs is 1. The normalized spacial score (nSPS) is 15.8. The van der Waals surface area contributed by atoms with Crippen LogP contribution in [0.2, 0.25) is 0 Å². The van der Waals surface area contributed by atoms with Crippen molar-refractivity contribution in [2.75, 3.05) is 31.2 Å². The van der Waals surface area contributed by atoms with Crippen LogP contribution in [-0.4, -0.2) is 37.5 Å². The lowest BCUT2D eigenvalue weighted by atomic mass is 10.2. The van der Waals surface area contributed by atoms with E-state index in [-0.39, 0.29) is 5.43 Å². The summed E-state index contributed by atoms with van der Waals surface area (Å²) in [6.45, 7) is 4.51. The van der Waals surface area contributed by atoms with Crippen LogP contribution in [0.5, 0.6) is 0 Å². The van der Waals surface area contributed by atoms with Crippen molar-refractivity contribution in [3.05, 3.63) is 34.5 Å². The van der Waals surface area contributed by atoms with Crippen LogP contribution >= 0.6 is 0 Å². The van der Waals surface area contributed by atoms with Gasteiger partial charge in [-0.1, -0.05) is 12.1 Å². The van der Waals surface area contributed by atoms with E-state index in [1.807, 2.05) is 24.3 Å². The zero-order valence-corrected chi connectivity index (χ0v) is 11.3. The molecule has 1 saturated heterocycles. The van der Waals surface area contributed by atoms with E-state index in [0.717, 1.165) is 24.4 Å². The van der Waals surface area contributed by atoms with Crippen LogP contribution in [0, 0.1) is 0 Å². The van der Waals surface area contributed by atoms with Gasteiger partial charge in [0.25, 0.3) is 0 Å². The molecule has 2 aromatic rings. The lowest BCUT2D eigenvalue weighted by Gasteiger charge is -2.26. The molecule has 3 rings (SSSR count). The number of benzene rings is 1. The van der Waals surface area contributed by atoms with Gasteiger partial charge in [-0.2, -0.15) is 0 Å². The number of anilines is 1. The van der Waals surface area contributed by atoms with E-state index in [0.29, 0.717) is 24.3 Å². The Morgan fingerprint density at radius 1 is 1.30 bits per heavy atom. The van der Waals surface area contributed by atoms with Crippen molar-refractivity contribution in [2.45, 2.75) is 6.92 Å². The molecule has 1 aliphatic heterocycles. The van der Waals surface area contributed by atoms with Gasteiger partial charge in [-0.05, 0) is 17.1 Å². The summed E-state index contributed by atoms with van der Waals surface area (Å²) in [4.78, 5) is 22.2. The first-order valence-electron chi connectivity index (χ1n) is 6.66. The zero-order chi connectivity index (χ0) is 13.9. The monoisotopic (exact) mass is 270 g/mol. The number of pyridine rings is 1. The third-order valence-electron chi connectivity index (χ3n) is 3.42. The zero-order valence-electron chi connectivity index (χ0n) is 11.3. The Labute approximate surface area is 116 Å². The molecule has 0 unspecified atom stereocenters. The fraction of sp³-hybridized carbons (Fsp3) is 0.333. The van der Waals surface area contributed by atoms with Crippen molar-refractivity contribution in [3.8, 4) is 0 Å². The maximum atomic E-state index is 12.6. The number of aromatic amines is 1. The SMILES string of the molecule is C[C+]=Nc1c(N2CCOCC2)[nH]c2ccccc2c1=O. The van der Waals surface area contributed by atoms with Crippen molar-refractivity contribution >= 4 is 28.6 Å². The third-order valence-corrected chi connectivity index (χ3v) is 3.42. The summed E-state index contributed by atoms with van der Waals surface area (Å²) in [7, 11) is 0. The molecule has 1 aromatic heterocycles. The molecular formula is C15H16N3O2+. The second kappa shape index (κ2) is 5.41. The van der Waals surface area contributed by atoms with Gasteiger partial charge in [-0.25, -0.2) is 0 Å². The van der Waals surface area contributed by atoms with Crippen LogP contribution in [0.25, 0.3) is 10.9 Å². The van der Waals surface area contributed by atoms with Gasteiger partial charge in [-0.15, -0.1) is 0 Å². The van der Waals surface area contributed by atoms with Crippen LogP contribution in [0.4, 0.5) is 11.5 Å². The minimum atomic E-state index is -0.0600. The fourth-order valence-corrected chi connectivity index (χ4v) is 2.44. The van der Waals surface area contributed by atoms with Gasteiger partial charge in [0, 0.05) is 13.1 Å². The van der Waals surface area contributed by atoms with Crippen LogP contribution in [0.3, 0.4) is 0 Å². The Bertz CT molecular complexity index is 700. The van der Waals surface area contributed by atoms with E-state index in [9.17, 15) is 4.79 Å². The first-order chi connectivity index (χ1) is 9.81. The highest BCUT2D eigenvalue weighted by molar-refractivity contribution is 5.86. The van der Waals surface area contributed by atoms with Crippen molar-refractivity contribution in [3.63, 3.8) is 0 Å². The average molecular weight is 270 g/mol. The molecule has 5 nitrogen and oxygen atoms in total. The summed E-state index contributed by atoms with van der Waals surface area (Å²) in [5, 5.41) is 0.651. The van der Waals surface area contributed by atoms with Crippen LogP contribution in [0.1, 0.15) is 6.92 Å². The first-order valence-corrected chi connectivity index (χ1v) is 6.66. The van der Waals surface area contributed by atoms with E-state index in [2.05, 4.69) is 21.1 Å². The van der Waals surface area contributed by atoms with E-state index in [1.165, 1.54) is 0 Å². The number of ether oxygens (including phenoxy) is 1. The van der Waals surface area contributed by atoms with Gasteiger partial charge in [-0.3, -0.25) is 4.79 Å². The molecule has 2 heterocycles. The van der Waals surface area contributed by atoms with E-state index >= 15 is 0 Å². The summed E-state index contributed by atoms with van der Waals surface area (Å²) in [5.41, 5.74) is 1.19. The highest BCUT2D eigenvalue weighted by atomic mass is 16.5. The number of para-hydroxylation sites is 1. The average Bonchev–Trinajstić information content (AvgIpc) is 2.51. The van der Waals surface area contributed by atoms with Crippen molar-refractivity contribution < 1.29 is 4.74 Å². The molecule has 0 atom stereocenters. The summed E-state index contributed by atoms with van der Waals surface area (Å²) >= 11 is 0. The van der Waals surface area contributed by atoms with Gasteiger partial charge < -0.3 is 14.6 Å². The molecule has 1 aliphatic rings. The van der Waals surface area contributed by atoms with Crippen molar-refractivity contribution in [2.24, 2.45) is 4.99 Å². The molecule has 0 bridgehead atoms. The maximum absolute atomic E-state index is 12.6. The van der Waals surface area contributed by atoms with Crippen LogP contribution in [-0.2, 0) is 4.74 Å². The molecule has 102 valence electrons. The molecule has 0 amide bonds. The third kappa shape index (κ3) is 2.18. The lowest BCUT2D eigenvalue weighted by Crippen LogP contribution is -2.37. The molecular weight excluding hydrogens is 254 g/mol. The number of rotatable bonds is 2. The highest BCUT2D eigenvalue weighted by Crippen LogP contribution is 2.26.